The summed E-state index contributed by atoms with van der Waals surface area (Å²) in [5, 5.41) is 12.1. The van der Waals surface area contributed by atoms with Gasteiger partial charge in [-0.05, 0) is 6.92 Å². The molecule has 9 nitrogen and oxygen atoms in total. The first-order valence-electron chi connectivity index (χ1n) is 7.32. The minimum absolute atomic E-state index is 0.0521. The molecule has 3 atom stereocenters. The molecule has 9 heteroatoms. The lowest BCUT2D eigenvalue weighted by Gasteiger charge is -2.15. The quantitative estimate of drug-likeness (QED) is 0.578. The van der Waals surface area contributed by atoms with E-state index in [1.54, 1.807) is 6.92 Å². The SMILES string of the molecule is C#Cc1cn(C2CC(O)C(C)O2)c(=O)nc1NC(=O)OCCOC. The Morgan fingerprint density at radius 1 is 1.62 bits per heavy atom. The molecule has 0 radical (unpaired) electrons. The van der Waals surface area contributed by atoms with Crippen molar-refractivity contribution in [1.82, 2.24) is 9.55 Å². The third-order valence-corrected chi connectivity index (χ3v) is 3.52. The number of carbonyl (C=O) groups is 1. The Morgan fingerprint density at radius 3 is 2.96 bits per heavy atom. The highest BCUT2D eigenvalue weighted by Crippen LogP contribution is 2.27. The summed E-state index contributed by atoms with van der Waals surface area (Å²) < 4.78 is 16.3. The Labute approximate surface area is 138 Å². The predicted octanol–water partition coefficient (Wildman–Crippen LogP) is 0.0878. The Hall–Kier alpha value is -2.41. The summed E-state index contributed by atoms with van der Waals surface area (Å²) in [7, 11) is 1.47. The van der Waals surface area contributed by atoms with Gasteiger partial charge in [-0.1, -0.05) is 5.92 Å². The minimum Gasteiger partial charge on any atom is -0.447 e. The number of rotatable bonds is 5. The number of aromatic nitrogens is 2. The molecule has 130 valence electrons. The van der Waals surface area contributed by atoms with Crippen LogP contribution in [0.25, 0.3) is 0 Å². The number of amides is 1. The molecular weight excluding hydrogens is 318 g/mol. The summed E-state index contributed by atoms with van der Waals surface area (Å²) in [5.41, 5.74) is -0.469. The molecule has 1 saturated heterocycles. The predicted molar refractivity (Wildman–Crippen MR) is 83.5 cm³/mol. The fourth-order valence-electron chi connectivity index (χ4n) is 2.20. The number of ether oxygens (including phenoxy) is 3. The van der Waals surface area contributed by atoms with Gasteiger partial charge < -0.3 is 19.3 Å². The molecule has 0 spiro atoms. The summed E-state index contributed by atoms with van der Waals surface area (Å²) in [5.74, 6) is 2.27. The van der Waals surface area contributed by atoms with Crippen molar-refractivity contribution in [2.45, 2.75) is 31.8 Å². The molecule has 3 unspecified atom stereocenters. The number of hydrogen-bond donors (Lipinski definition) is 2. The van der Waals surface area contributed by atoms with Gasteiger partial charge in [0.1, 0.15) is 12.8 Å². The second kappa shape index (κ2) is 7.92. The maximum absolute atomic E-state index is 12.2. The molecule has 2 rings (SSSR count). The van der Waals surface area contributed by atoms with Crippen LogP contribution in [0.1, 0.15) is 25.1 Å². The van der Waals surface area contributed by atoms with Gasteiger partial charge >= 0.3 is 11.8 Å². The van der Waals surface area contributed by atoms with E-state index < -0.39 is 30.2 Å². The van der Waals surface area contributed by atoms with Crippen LogP contribution in [0.5, 0.6) is 0 Å². The van der Waals surface area contributed by atoms with Crippen LogP contribution in [-0.2, 0) is 14.2 Å². The molecular formula is C15H19N3O6. The van der Waals surface area contributed by atoms with Crippen LogP contribution >= 0.6 is 0 Å². The first-order valence-corrected chi connectivity index (χ1v) is 7.32. The normalized spacial score (nSPS) is 22.8. The number of hydrogen-bond acceptors (Lipinski definition) is 7. The number of nitrogens with zero attached hydrogens (tertiary/aromatic N) is 2. The van der Waals surface area contributed by atoms with E-state index in [0.717, 1.165) is 0 Å². The fourth-order valence-corrected chi connectivity index (χ4v) is 2.20. The Kier molecular flexibility index (Phi) is 5.92. The molecule has 1 aliphatic rings. The number of terminal acetylenes is 1. The van der Waals surface area contributed by atoms with E-state index in [0.29, 0.717) is 0 Å². The minimum atomic E-state index is -0.797. The van der Waals surface area contributed by atoms with Crippen molar-refractivity contribution in [3.05, 3.63) is 22.2 Å². The van der Waals surface area contributed by atoms with Crippen LogP contribution in [0.15, 0.2) is 11.0 Å². The summed E-state index contributed by atoms with van der Waals surface area (Å²) in [6.45, 7) is 2.00. The van der Waals surface area contributed by atoms with Crippen molar-refractivity contribution in [2.75, 3.05) is 25.6 Å². The molecule has 1 fully saturated rings. The van der Waals surface area contributed by atoms with Crippen LogP contribution in [-0.4, -0.2) is 53.3 Å². The zero-order valence-electron chi connectivity index (χ0n) is 13.4. The van der Waals surface area contributed by atoms with Crippen LogP contribution < -0.4 is 11.0 Å². The number of aliphatic hydroxyl groups is 1. The van der Waals surface area contributed by atoms with Crippen molar-refractivity contribution in [1.29, 1.82) is 0 Å². The maximum Gasteiger partial charge on any atom is 0.412 e. The van der Waals surface area contributed by atoms with E-state index in [1.165, 1.54) is 17.9 Å². The molecule has 1 aromatic rings. The van der Waals surface area contributed by atoms with Gasteiger partial charge in [0.2, 0.25) is 0 Å². The van der Waals surface area contributed by atoms with Crippen LogP contribution in [0, 0.1) is 12.3 Å². The lowest BCUT2D eigenvalue weighted by atomic mass is 10.2. The highest BCUT2D eigenvalue weighted by atomic mass is 16.6. The standard InChI is InChI=1S/C15H19N3O6/c1-4-10-8-18(12-7-11(19)9(2)24-12)14(20)16-13(10)17-15(21)23-6-5-22-3/h1,8-9,11-12,19H,5-7H2,2-3H3,(H,16,17,20,21). The van der Waals surface area contributed by atoms with E-state index in [-0.39, 0.29) is 31.0 Å². The maximum atomic E-state index is 12.2. The summed E-state index contributed by atoms with van der Waals surface area (Å²) >= 11 is 0. The number of carbonyl (C=O) groups excluding carboxylic acids is 1. The molecule has 0 aliphatic carbocycles. The third-order valence-electron chi connectivity index (χ3n) is 3.52. The first-order chi connectivity index (χ1) is 11.5. The Balaban J connectivity index is 2.17. The topological polar surface area (TPSA) is 112 Å². The second-order valence-electron chi connectivity index (χ2n) is 5.19. The monoisotopic (exact) mass is 337 g/mol. The number of nitrogens with one attached hydrogen (secondary N) is 1. The van der Waals surface area contributed by atoms with Crippen LogP contribution in [0.2, 0.25) is 0 Å². The van der Waals surface area contributed by atoms with Gasteiger partial charge in [0.25, 0.3) is 0 Å². The second-order valence-corrected chi connectivity index (χ2v) is 5.19. The number of anilines is 1. The molecule has 24 heavy (non-hydrogen) atoms. The van der Waals surface area contributed by atoms with Crippen molar-refractivity contribution in [3.63, 3.8) is 0 Å². The van der Waals surface area contributed by atoms with E-state index in [4.69, 9.17) is 20.6 Å². The van der Waals surface area contributed by atoms with Gasteiger partial charge in [0.15, 0.2) is 5.82 Å². The lowest BCUT2D eigenvalue weighted by Crippen LogP contribution is -2.29. The Bertz CT molecular complexity index is 685. The van der Waals surface area contributed by atoms with E-state index >= 15 is 0 Å². The van der Waals surface area contributed by atoms with E-state index in [2.05, 4.69) is 16.2 Å². The molecule has 1 aromatic heterocycles. The highest BCUT2D eigenvalue weighted by Gasteiger charge is 2.32. The highest BCUT2D eigenvalue weighted by molar-refractivity contribution is 5.84. The number of methoxy groups -OCH3 is 1. The van der Waals surface area contributed by atoms with Crippen LogP contribution in [0.4, 0.5) is 10.6 Å². The fraction of sp³-hybridized carbons (Fsp3) is 0.533. The Morgan fingerprint density at radius 2 is 2.38 bits per heavy atom. The van der Waals surface area contributed by atoms with Gasteiger partial charge in [0, 0.05) is 19.7 Å². The van der Waals surface area contributed by atoms with Gasteiger partial charge in [-0.2, -0.15) is 4.98 Å². The summed E-state index contributed by atoms with van der Waals surface area (Å²) in [6, 6.07) is 0. The van der Waals surface area contributed by atoms with Gasteiger partial charge in [-0.15, -0.1) is 6.42 Å². The lowest BCUT2D eigenvalue weighted by molar-refractivity contribution is -0.0100. The van der Waals surface area contributed by atoms with Gasteiger partial charge in [-0.3, -0.25) is 9.88 Å². The summed E-state index contributed by atoms with van der Waals surface area (Å²) in [6.07, 6.45) is 4.48. The molecule has 2 heterocycles. The zero-order valence-corrected chi connectivity index (χ0v) is 13.4. The van der Waals surface area contributed by atoms with E-state index in [1.807, 2.05) is 0 Å². The average molecular weight is 337 g/mol. The largest absolute Gasteiger partial charge is 0.447 e. The molecule has 0 aromatic carbocycles. The van der Waals surface area contributed by atoms with Crippen molar-refractivity contribution >= 4 is 11.9 Å². The van der Waals surface area contributed by atoms with Gasteiger partial charge in [-0.25, -0.2) is 9.59 Å². The molecule has 1 amide bonds. The number of aliphatic hydroxyl groups excluding tert-OH is 1. The van der Waals surface area contributed by atoms with Crippen molar-refractivity contribution in [3.8, 4) is 12.3 Å². The molecule has 1 aliphatic heterocycles. The van der Waals surface area contributed by atoms with Crippen molar-refractivity contribution in [2.24, 2.45) is 0 Å². The smallest absolute Gasteiger partial charge is 0.412 e. The zero-order chi connectivity index (χ0) is 17.7. The van der Waals surface area contributed by atoms with Crippen LogP contribution in [0.3, 0.4) is 0 Å². The molecule has 0 bridgehead atoms. The van der Waals surface area contributed by atoms with E-state index in [9.17, 15) is 14.7 Å². The summed E-state index contributed by atoms with van der Waals surface area (Å²) in [4.78, 5) is 27.6. The first kappa shape index (κ1) is 17.9. The molecule has 2 N–H and O–H groups in total. The third kappa shape index (κ3) is 4.11. The van der Waals surface area contributed by atoms with Crippen molar-refractivity contribution < 1.29 is 24.1 Å². The molecule has 0 saturated carbocycles. The average Bonchev–Trinajstić information content (AvgIpc) is 2.87. The van der Waals surface area contributed by atoms with Gasteiger partial charge in [0.05, 0.1) is 24.4 Å².